The molecule has 92 valence electrons. The molecular weight excluding hydrogens is 296 g/mol. The van der Waals surface area contributed by atoms with E-state index in [2.05, 4.69) is 25.9 Å². The van der Waals surface area contributed by atoms with Gasteiger partial charge in [0.15, 0.2) is 0 Å². The first-order chi connectivity index (χ1) is 8.65. The molecule has 0 saturated carbocycles. The number of nitrogens with one attached hydrogen (secondary N) is 1. The topological polar surface area (TPSA) is 84.9 Å². The minimum Gasteiger partial charge on any atom is -0.459 e. The van der Waals surface area contributed by atoms with Gasteiger partial charge < -0.3 is 10.5 Å². The van der Waals surface area contributed by atoms with E-state index in [-0.39, 0.29) is 11.8 Å². The highest BCUT2D eigenvalue weighted by molar-refractivity contribution is 9.10. The largest absolute Gasteiger partial charge is 0.459 e. The van der Waals surface area contributed by atoms with Gasteiger partial charge in [-0.2, -0.15) is 4.98 Å². The van der Waals surface area contributed by atoms with Crippen LogP contribution in [0.5, 0.6) is 6.01 Å². The smallest absolute Gasteiger partial charge is 0.317 e. The monoisotopic (exact) mass is 306 g/mol. The van der Waals surface area contributed by atoms with Crippen molar-refractivity contribution in [3.8, 4) is 6.01 Å². The van der Waals surface area contributed by atoms with Gasteiger partial charge in [-0.1, -0.05) is 28.1 Å². The Kier molecular flexibility index (Phi) is 3.88. The summed E-state index contributed by atoms with van der Waals surface area (Å²) in [6.07, 6.45) is 1.51. The maximum Gasteiger partial charge on any atom is 0.317 e. The fourth-order valence-electron chi connectivity index (χ4n) is 1.33. The van der Waals surface area contributed by atoms with Crippen LogP contribution in [-0.2, 0) is 6.61 Å². The lowest BCUT2D eigenvalue weighted by Gasteiger charge is -2.05. The van der Waals surface area contributed by atoms with Gasteiger partial charge in [0, 0.05) is 10.7 Å². The molecule has 1 aromatic carbocycles. The van der Waals surface area contributed by atoms with Crippen molar-refractivity contribution < 1.29 is 4.74 Å². The van der Waals surface area contributed by atoms with Gasteiger partial charge in [-0.05, 0) is 23.8 Å². The Bertz CT molecular complexity index is 574. The third-order valence-corrected chi connectivity index (χ3v) is 2.66. The third-order valence-electron chi connectivity index (χ3n) is 2.17. The molecule has 0 unspecified atom stereocenters. The Hall–Kier alpha value is -1.95. The number of ether oxygens (including phenoxy) is 1. The molecule has 0 fully saturated rings. The first-order valence-corrected chi connectivity index (χ1v) is 5.99. The lowest BCUT2D eigenvalue weighted by atomic mass is 10.2. The molecule has 1 aromatic heterocycles. The second-order valence-electron chi connectivity index (χ2n) is 3.56. The first kappa shape index (κ1) is 12.5. The summed E-state index contributed by atoms with van der Waals surface area (Å²) in [5, 5.41) is 7.28. The fraction of sp³-hybridized carbons (Fsp3) is 0.0833. The molecule has 0 spiro atoms. The number of nitrogens with two attached hydrogens (primary N) is 1. The SMILES string of the molecule is N=C(N)c1ccnc(OCc2cccc(Br)c2)n1. The van der Waals surface area contributed by atoms with E-state index in [1.165, 1.54) is 6.20 Å². The molecule has 18 heavy (non-hydrogen) atoms. The average molecular weight is 307 g/mol. The van der Waals surface area contributed by atoms with Crippen molar-refractivity contribution in [2.24, 2.45) is 5.73 Å². The molecule has 3 N–H and O–H groups in total. The standard InChI is InChI=1S/C12H11BrN4O/c13-9-3-1-2-8(6-9)7-18-12-16-5-4-10(17-12)11(14)15/h1-6H,7H2,(H3,14,15). The molecule has 0 aliphatic heterocycles. The molecule has 2 aromatic rings. The van der Waals surface area contributed by atoms with E-state index in [1.54, 1.807) is 6.07 Å². The van der Waals surface area contributed by atoms with Crippen LogP contribution < -0.4 is 10.5 Å². The van der Waals surface area contributed by atoms with E-state index in [0.29, 0.717) is 12.3 Å². The van der Waals surface area contributed by atoms with Crippen molar-refractivity contribution in [1.29, 1.82) is 5.41 Å². The quantitative estimate of drug-likeness (QED) is 0.669. The molecule has 0 bridgehead atoms. The summed E-state index contributed by atoms with van der Waals surface area (Å²) in [4.78, 5) is 7.98. The predicted molar refractivity (Wildman–Crippen MR) is 71.5 cm³/mol. The lowest BCUT2D eigenvalue weighted by Crippen LogP contribution is -2.14. The number of amidine groups is 1. The highest BCUT2D eigenvalue weighted by Crippen LogP contribution is 2.13. The third kappa shape index (κ3) is 3.27. The van der Waals surface area contributed by atoms with Crippen LogP contribution >= 0.6 is 15.9 Å². The van der Waals surface area contributed by atoms with Crippen LogP contribution in [-0.4, -0.2) is 15.8 Å². The number of aromatic nitrogens is 2. The van der Waals surface area contributed by atoms with Crippen LogP contribution in [0.2, 0.25) is 0 Å². The Morgan fingerprint density at radius 2 is 2.22 bits per heavy atom. The normalized spacial score (nSPS) is 10.1. The van der Waals surface area contributed by atoms with Crippen LogP contribution in [0.15, 0.2) is 41.0 Å². The molecule has 6 heteroatoms. The molecule has 2 rings (SSSR count). The van der Waals surface area contributed by atoms with Crippen LogP contribution in [0.3, 0.4) is 0 Å². The molecule has 0 radical (unpaired) electrons. The van der Waals surface area contributed by atoms with E-state index in [9.17, 15) is 0 Å². The molecule has 0 aliphatic carbocycles. The minimum absolute atomic E-state index is 0.107. The summed E-state index contributed by atoms with van der Waals surface area (Å²) in [6.45, 7) is 0.362. The summed E-state index contributed by atoms with van der Waals surface area (Å²) in [7, 11) is 0. The number of benzene rings is 1. The number of hydrogen-bond acceptors (Lipinski definition) is 4. The van der Waals surface area contributed by atoms with Crippen molar-refractivity contribution >= 4 is 21.8 Å². The van der Waals surface area contributed by atoms with Gasteiger partial charge in [0.25, 0.3) is 0 Å². The lowest BCUT2D eigenvalue weighted by molar-refractivity contribution is 0.280. The van der Waals surface area contributed by atoms with Gasteiger partial charge >= 0.3 is 6.01 Å². The van der Waals surface area contributed by atoms with Gasteiger partial charge in [-0.25, -0.2) is 4.98 Å². The van der Waals surface area contributed by atoms with Crippen molar-refractivity contribution in [3.63, 3.8) is 0 Å². The minimum atomic E-state index is -0.107. The van der Waals surface area contributed by atoms with Gasteiger partial charge in [0.05, 0.1) is 0 Å². The maximum atomic E-state index is 7.28. The van der Waals surface area contributed by atoms with E-state index in [1.807, 2.05) is 24.3 Å². The molecule has 1 heterocycles. The molecule has 5 nitrogen and oxygen atoms in total. The molecule has 0 saturated heterocycles. The number of hydrogen-bond donors (Lipinski definition) is 2. The van der Waals surface area contributed by atoms with Gasteiger partial charge in [-0.15, -0.1) is 0 Å². The average Bonchev–Trinajstić information content (AvgIpc) is 2.37. The Morgan fingerprint density at radius 3 is 2.94 bits per heavy atom. The number of nitrogen functional groups attached to an aromatic ring is 1. The van der Waals surface area contributed by atoms with Crippen LogP contribution in [0.1, 0.15) is 11.3 Å². The molecule has 0 amide bonds. The highest BCUT2D eigenvalue weighted by Gasteiger charge is 2.03. The van der Waals surface area contributed by atoms with Crippen molar-refractivity contribution in [3.05, 3.63) is 52.3 Å². The van der Waals surface area contributed by atoms with Crippen molar-refractivity contribution in [2.75, 3.05) is 0 Å². The van der Waals surface area contributed by atoms with E-state index < -0.39 is 0 Å². The predicted octanol–water partition coefficient (Wildman–Crippen LogP) is 2.10. The fourth-order valence-corrected chi connectivity index (χ4v) is 1.78. The van der Waals surface area contributed by atoms with E-state index in [0.717, 1.165) is 10.0 Å². The summed E-state index contributed by atoms with van der Waals surface area (Å²) in [6, 6.07) is 9.54. The first-order valence-electron chi connectivity index (χ1n) is 5.20. The summed E-state index contributed by atoms with van der Waals surface area (Å²) in [5.74, 6) is -0.107. The number of nitrogens with zero attached hydrogens (tertiary/aromatic N) is 2. The maximum absolute atomic E-state index is 7.28. The summed E-state index contributed by atoms with van der Waals surface area (Å²) in [5.41, 5.74) is 6.70. The summed E-state index contributed by atoms with van der Waals surface area (Å²) >= 11 is 3.39. The zero-order chi connectivity index (χ0) is 13.0. The van der Waals surface area contributed by atoms with Gasteiger partial charge in [0.2, 0.25) is 0 Å². The summed E-state index contributed by atoms with van der Waals surface area (Å²) < 4.78 is 6.43. The van der Waals surface area contributed by atoms with Crippen LogP contribution in [0, 0.1) is 5.41 Å². The zero-order valence-corrected chi connectivity index (χ0v) is 11.0. The second-order valence-corrected chi connectivity index (χ2v) is 4.47. The molecular formula is C12H11BrN4O. The Morgan fingerprint density at radius 1 is 1.39 bits per heavy atom. The van der Waals surface area contributed by atoms with Crippen LogP contribution in [0.4, 0.5) is 0 Å². The van der Waals surface area contributed by atoms with Crippen LogP contribution in [0.25, 0.3) is 0 Å². The Labute approximate surface area is 113 Å². The van der Waals surface area contributed by atoms with Gasteiger partial charge in [-0.3, -0.25) is 5.41 Å². The molecule has 0 atom stereocenters. The Balaban J connectivity index is 2.06. The zero-order valence-electron chi connectivity index (χ0n) is 9.43. The van der Waals surface area contributed by atoms with Gasteiger partial charge in [0.1, 0.15) is 18.1 Å². The van der Waals surface area contributed by atoms with Crippen molar-refractivity contribution in [2.45, 2.75) is 6.61 Å². The van der Waals surface area contributed by atoms with E-state index in [4.69, 9.17) is 15.9 Å². The highest BCUT2D eigenvalue weighted by atomic mass is 79.9. The van der Waals surface area contributed by atoms with Crippen molar-refractivity contribution in [1.82, 2.24) is 9.97 Å². The number of rotatable bonds is 4. The van der Waals surface area contributed by atoms with E-state index >= 15 is 0 Å². The number of halogens is 1. The second kappa shape index (κ2) is 5.59. The molecule has 0 aliphatic rings.